The van der Waals surface area contributed by atoms with Gasteiger partial charge in [-0.2, -0.15) is 5.10 Å². The number of hydrazone groups is 1. The van der Waals surface area contributed by atoms with Crippen LogP contribution in [0.4, 0.5) is 5.69 Å². The predicted octanol–water partition coefficient (Wildman–Crippen LogP) is -0.160. The van der Waals surface area contributed by atoms with Crippen molar-refractivity contribution < 1.29 is 12.4 Å². The summed E-state index contributed by atoms with van der Waals surface area (Å²) >= 11 is 0. The first-order valence-corrected chi connectivity index (χ1v) is 5.10. The molecule has 4 heteroatoms. The van der Waals surface area contributed by atoms with E-state index in [4.69, 9.17) is 0 Å². The van der Waals surface area contributed by atoms with Gasteiger partial charge in [-0.3, -0.25) is 10.4 Å². The van der Waals surface area contributed by atoms with Crippen LogP contribution in [0.5, 0.6) is 0 Å². The standard InChI is InChI=1S/C13H13N3.ClH/c1-11-2-4-13(5-3-11)16-15-10-12-6-8-14-9-7-12;/h2-10,16H,1H3;1H/p-1. The molecule has 1 aromatic heterocycles. The average Bonchev–Trinajstić information content (AvgIpc) is 2.33. The number of benzene rings is 1. The Bertz CT molecular complexity index is 466. The Morgan fingerprint density at radius 2 is 1.71 bits per heavy atom. The van der Waals surface area contributed by atoms with Crippen molar-refractivity contribution in [2.75, 3.05) is 5.43 Å². The van der Waals surface area contributed by atoms with E-state index >= 15 is 0 Å². The minimum Gasteiger partial charge on any atom is -1.00 e. The van der Waals surface area contributed by atoms with E-state index in [0.717, 1.165) is 11.3 Å². The van der Waals surface area contributed by atoms with Crippen LogP contribution in [-0.2, 0) is 0 Å². The Morgan fingerprint density at radius 1 is 1.06 bits per heavy atom. The molecule has 88 valence electrons. The lowest BCUT2D eigenvalue weighted by Gasteiger charge is -1.99. The molecule has 0 radical (unpaired) electrons. The second kappa shape index (κ2) is 6.66. The van der Waals surface area contributed by atoms with E-state index < -0.39 is 0 Å². The van der Waals surface area contributed by atoms with E-state index in [1.165, 1.54) is 5.56 Å². The SMILES string of the molecule is Cc1ccc(NN=Cc2ccncc2)cc1.[Cl-]. The summed E-state index contributed by atoms with van der Waals surface area (Å²) < 4.78 is 0. The maximum Gasteiger partial charge on any atom is 0.0561 e. The Kier molecular flexibility index (Phi) is 5.17. The van der Waals surface area contributed by atoms with Crippen LogP contribution in [0.25, 0.3) is 0 Å². The van der Waals surface area contributed by atoms with Crippen LogP contribution in [0.15, 0.2) is 53.9 Å². The molecule has 0 aliphatic rings. The normalized spacial score (nSPS) is 9.94. The van der Waals surface area contributed by atoms with Crippen molar-refractivity contribution in [2.24, 2.45) is 5.10 Å². The first kappa shape index (κ1) is 13.2. The maximum absolute atomic E-state index is 4.14. The molecule has 0 atom stereocenters. The molecule has 0 spiro atoms. The highest BCUT2D eigenvalue weighted by Gasteiger charge is 1.88. The van der Waals surface area contributed by atoms with E-state index in [0.29, 0.717) is 0 Å². The molecule has 1 aromatic carbocycles. The molecule has 0 unspecified atom stereocenters. The fourth-order valence-corrected chi connectivity index (χ4v) is 1.26. The molecule has 0 bridgehead atoms. The van der Waals surface area contributed by atoms with Crippen molar-refractivity contribution in [3.63, 3.8) is 0 Å². The number of hydrogen-bond donors (Lipinski definition) is 1. The molecule has 0 amide bonds. The summed E-state index contributed by atoms with van der Waals surface area (Å²) in [6.07, 6.45) is 5.25. The van der Waals surface area contributed by atoms with E-state index in [1.807, 2.05) is 36.4 Å². The van der Waals surface area contributed by atoms with Gasteiger partial charge in [-0.1, -0.05) is 17.7 Å². The van der Waals surface area contributed by atoms with Crippen LogP contribution in [-0.4, -0.2) is 11.2 Å². The summed E-state index contributed by atoms with van der Waals surface area (Å²) in [6, 6.07) is 11.9. The van der Waals surface area contributed by atoms with Gasteiger partial charge in [-0.25, -0.2) is 0 Å². The highest BCUT2D eigenvalue weighted by atomic mass is 35.5. The van der Waals surface area contributed by atoms with Crippen LogP contribution in [0.2, 0.25) is 0 Å². The molecule has 1 N–H and O–H groups in total. The Labute approximate surface area is 107 Å². The highest BCUT2D eigenvalue weighted by molar-refractivity contribution is 5.79. The molecule has 3 nitrogen and oxygen atoms in total. The number of aromatic nitrogens is 1. The Morgan fingerprint density at radius 3 is 2.35 bits per heavy atom. The second-order valence-corrected chi connectivity index (χ2v) is 3.52. The van der Waals surface area contributed by atoms with Crippen LogP contribution in [0.1, 0.15) is 11.1 Å². The van der Waals surface area contributed by atoms with Gasteiger partial charge in [0.1, 0.15) is 0 Å². The van der Waals surface area contributed by atoms with Gasteiger partial charge in [0.15, 0.2) is 0 Å². The van der Waals surface area contributed by atoms with Crippen LogP contribution >= 0.6 is 0 Å². The van der Waals surface area contributed by atoms with Crippen LogP contribution in [0, 0.1) is 6.92 Å². The van der Waals surface area contributed by atoms with Crippen molar-refractivity contribution >= 4 is 11.9 Å². The summed E-state index contributed by atoms with van der Waals surface area (Å²) in [6.45, 7) is 2.06. The molecule has 17 heavy (non-hydrogen) atoms. The number of pyridine rings is 1. The lowest BCUT2D eigenvalue weighted by molar-refractivity contribution is -0.00000331. The maximum atomic E-state index is 4.14. The quantitative estimate of drug-likeness (QED) is 0.604. The molecule has 0 saturated heterocycles. The van der Waals surface area contributed by atoms with E-state index in [1.54, 1.807) is 18.6 Å². The van der Waals surface area contributed by atoms with Gasteiger partial charge in [-0.15, -0.1) is 0 Å². The molecular formula is C13H13ClN3-. The zero-order valence-electron chi connectivity index (χ0n) is 9.47. The molecule has 0 saturated carbocycles. The minimum atomic E-state index is 0. The van der Waals surface area contributed by atoms with Gasteiger partial charge in [0.25, 0.3) is 0 Å². The van der Waals surface area contributed by atoms with Crippen LogP contribution < -0.4 is 17.8 Å². The van der Waals surface area contributed by atoms with Gasteiger partial charge >= 0.3 is 0 Å². The van der Waals surface area contributed by atoms with Crippen molar-refractivity contribution in [1.82, 2.24) is 4.98 Å². The van der Waals surface area contributed by atoms with E-state index in [2.05, 4.69) is 22.4 Å². The largest absolute Gasteiger partial charge is 1.00 e. The van der Waals surface area contributed by atoms with Crippen molar-refractivity contribution in [2.45, 2.75) is 6.92 Å². The van der Waals surface area contributed by atoms with E-state index in [9.17, 15) is 0 Å². The first-order valence-electron chi connectivity index (χ1n) is 5.10. The summed E-state index contributed by atoms with van der Waals surface area (Å²) in [7, 11) is 0. The summed E-state index contributed by atoms with van der Waals surface area (Å²) in [4.78, 5) is 3.94. The van der Waals surface area contributed by atoms with Gasteiger partial charge in [0.2, 0.25) is 0 Å². The topological polar surface area (TPSA) is 37.3 Å². The lowest BCUT2D eigenvalue weighted by atomic mass is 10.2. The fraction of sp³-hybridized carbons (Fsp3) is 0.0769. The van der Waals surface area contributed by atoms with Crippen molar-refractivity contribution in [3.8, 4) is 0 Å². The molecule has 1 heterocycles. The number of aryl methyl sites for hydroxylation is 1. The van der Waals surface area contributed by atoms with Gasteiger partial charge in [-0.05, 0) is 36.8 Å². The first-order chi connectivity index (χ1) is 7.84. The molecule has 2 rings (SSSR count). The summed E-state index contributed by atoms with van der Waals surface area (Å²) in [5, 5.41) is 4.14. The molecular weight excluding hydrogens is 234 g/mol. The minimum absolute atomic E-state index is 0. The second-order valence-electron chi connectivity index (χ2n) is 3.52. The predicted molar refractivity (Wildman–Crippen MR) is 66.6 cm³/mol. The number of hydrogen-bond acceptors (Lipinski definition) is 3. The Balaban J connectivity index is 0.00000144. The zero-order valence-corrected chi connectivity index (χ0v) is 10.2. The number of rotatable bonds is 3. The van der Waals surface area contributed by atoms with Crippen molar-refractivity contribution in [3.05, 3.63) is 59.9 Å². The van der Waals surface area contributed by atoms with Gasteiger partial charge in [0.05, 0.1) is 11.9 Å². The van der Waals surface area contributed by atoms with Crippen molar-refractivity contribution in [1.29, 1.82) is 0 Å². The zero-order chi connectivity index (χ0) is 11.2. The Hall–Kier alpha value is -1.87. The lowest BCUT2D eigenvalue weighted by Crippen LogP contribution is -3.00. The molecule has 2 aromatic rings. The number of nitrogens with zero attached hydrogens (tertiary/aromatic N) is 2. The smallest absolute Gasteiger partial charge is 0.0561 e. The van der Waals surface area contributed by atoms with E-state index in [-0.39, 0.29) is 12.4 Å². The monoisotopic (exact) mass is 246 g/mol. The third-order valence-corrected chi connectivity index (χ3v) is 2.16. The molecule has 0 aliphatic heterocycles. The third kappa shape index (κ3) is 4.25. The van der Waals surface area contributed by atoms with Gasteiger partial charge < -0.3 is 12.4 Å². The summed E-state index contributed by atoms with van der Waals surface area (Å²) in [5.74, 6) is 0. The number of halogens is 1. The highest BCUT2D eigenvalue weighted by Crippen LogP contribution is 2.08. The number of anilines is 1. The third-order valence-electron chi connectivity index (χ3n) is 2.16. The molecule has 0 aliphatic carbocycles. The average molecular weight is 247 g/mol. The van der Waals surface area contributed by atoms with Gasteiger partial charge in [0, 0.05) is 12.4 Å². The fourth-order valence-electron chi connectivity index (χ4n) is 1.26. The van der Waals surface area contributed by atoms with Crippen LogP contribution in [0.3, 0.4) is 0 Å². The summed E-state index contributed by atoms with van der Waals surface area (Å²) in [5.41, 5.74) is 6.21. The number of nitrogens with one attached hydrogen (secondary N) is 1. The molecule has 0 fully saturated rings.